The second-order valence-electron chi connectivity index (χ2n) is 2.64. The van der Waals surface area contributed by atoms with Crippen LogP contribution < -0.4 is 5.73 Å². The summed E-state index contributed by atoms with van der Waals surface area (Å²) in [4.78, 5) is 25.7. The van der Waals surface area contributed by atoms with Crippen molar-refractivity contribution in [2.75, 3.05) is 0 Å². The van der Waals surface area contributed by atoms with Crippen molar-refractivity contribution in [2.24, 2.45) is 11.7 Å². The maximum atomic E-state index is 10.9. The summed E-state index contributed by atoms with van der Waals surface area (Å²) in [5.41, 5.74) is 4.78. The molecule has 0 fully saturated rings. The molecule has 2 amide bonds. The van der Waals surface area contributed by atoms with E-state index in [2.05, 4.69) is 21.0 Å². The largest absolute Gasteiger partial charge is 0.358 e. The fourth-order valence-corrected chi connectivity index (χ4v) is 0.666. The summed E-state index contributed by atoms with van der Waals surface area (Å²) < 4.78 is 0.526. The Balaban J connectivity index is 3.77. The number of hydrogen-bond donors (Lipinski definition) is 1. The molecule has 6 heteroatoms. The van der Waals surface area contributed by atoms with Gasteiger partial charge in [0, 0.05) is 0 Å². The van der Waals surface area contributed by atoms with E-state index in [1.807, 2.05) is 13.8 Å². The van der Waals surface area contributed by atoms with E-state index in [0.29, 0.717) is 4.09 Å². The van der Waals surface area contributed by atoms with Gasteiger partial charge in [-0.15, -0.1) is 0 Å². The highest BCUT2D eigenvalue weighted by Gasteiger charge is 2.13. The molecule has 0 bridgehead atoms. The lowest BCUT2D eigenvalue weighted by Crippen LogP contribution is -2.30. The van der Waals surface area contributed by atoms with Crippen molar-refractivity contribution in [2.45, 2.75) is 20.3 Å². The molecule has 0 aromatic carbocycles. The number of hydroxylamine groups is 1. The lowest BCUT2D eigenvalue weighted by molar-refractivity contribution is -0.160. The third kappa shape index (κ3) is 4.95. The number of rotatable bonds is 2. The van der Waals surface area contributed by atoms with Gasteiger partial charge in [0.15, 0.2) is 0 Å². The van der Waals surface area contributed by atoms with Gasteiger partial charge in [0.25, 0.3) is 0 Å². The Morgan fingerprint density at radius 2 is 2.08 bits per heavy atom. The number of nitrogens with two attached hydrogens (primary N) is 1. The summed E-state index contributed by atoms with van der Waals surface area (Å²) in [5.74, 6) is -0.313. The number of carbonyl (C=O) groups excluding carboxylic acids is 2. The van der Waals surface area contributed by atoms with Gasteiger partial charge in [-0.05, 0) is 5.92 Å². The van der Waals surface area contributed by atoms with E-state index in [-0.39, 0.29) is 12.3 Å². The standard InChI is InChI=1S/C6H11BrN2O3/c1-4(2)3-5(10)12-9(7)6(8)11/h4H,3H2,1-2H3,(H2,8,11). The first-order chi connectivity index (χ1) is 5.43. The number of amides is 2. The predicted molar refractivity (Wildman–Crippen MR) is 45.9 cm³/mol. The molecule has 0 rings (SSSR count). The average Bonchev–Trinajstić information content (AvgIpc) is 1.84. The number of hydrogen-bond acceptors (Lipinski definition) is 3. The summed E-state index contributed by atoms with van der Waals surface area (Å²) in [7, 11) is 0. The molecule has 2 N–H and O–H groups in total. The van der Waals surface area contributed by atoms with Gasteiger partial charge in [0.2, 0.25) is 0 Å². The SMILES string of the molecule is CC(C)CC(=O)ON(Br)C(N)=O. The zero-order valence-electron chi connectivity index (χ0n) is 6.91. The van der Waals surface area contributed by atoms with Gasteiger partial charge >= 0.3 is 12.0 Å². The van der Waals surface area contributed by atoms with E-state index in [1.165, 1.54) is 0 Å². The first kappa shape index (κ1) is 11.2. The summed E-state index contributed by atoms with van der Waals surface area (Å²) in [5, 5.41) is 0. The summed E-state index contributed by atoms with van der Waals surface area (Å²) in [6.07, 6.45) is 0.245. The lowest BCUT2D eigenvalue weighted by atomic mass is 10.1. The van der Waals surface area contributed by atoms with Crippen LogP contribution in [0, 0.1) is 5.92 Å². The Morgan fingerprint density at radius 1 is 1.58 bits per heavy atom. The van der Waals surface area contributed by atoms with Crippen LogP contribution in [-0.2, 0) is 9.63 Å². The number of urea groups is 1. The molecule has 0 aromatic rings. The molecule has 0 saturated carbocycles. The highest BCUT2D eigenvalue weighted by Crippen LogP contribution is 2.05. The van der Waals surface area contributed by atoms with Crippen LogP contribution >= 0.6 is 16.1 Å². The van der Waals surface area contributed by atoms with Crippen molar-refractivity contribution in [1.82, 2.24) is 4.09 Å². The molecule has 0 aliphatic rings. The van der Waals surface area contributed by atoms with E-state index >= 15 is 0 Å². The second kappa shape index (κ2) is 4.97. The van der Waals surface area contributed by atoms with Crippen LogP contribution in [0.5, 0.6) is 0 Å². The zero-order chi connectivity index (χ0) is 9.72. The van der Waals surface area contributed by atoms with Crippen molar-refractivity contribution < 1.29 is 14.4 Å². The van der Waals surface area contributed by atoms with Gasteiger partial charge in [-0.2, -0.15) is 0 Å². The molecule has 0 radical (unpaired) electrons. The third-order valence-corrected chi connectivity index (χ3v) is 1.42. The van der Waals surface area contributed by atoms with Crippen LogP contribution in [0.1, 0.15) is 20.3 Å². The second-order valence-corrected chi connectivity index (χ2v) is 3.29. The highest BCUT2D eigenvalue weighted by molar-refractivity contribution is 9.07. The Bertz CT molecular complexity index is 184. The van der Waals surface area contributed by atoms with E-state index in [1.54, 1.807) is 0 Å². The Hall–Kier alpha value is -0.780. The van der Waals surface area contributed by atoms with Gasteiger partial charge in [0.05, 0.1) is 22.6 Å². The fraction of sp³-hybridized carbons (Fsp3) is 0.667. The molecule has 0 aromatic heterocycles. The highest BCUT2D eigenvalue weighted by atomic mass is 79.9. The smallest absolute Gasteiger partial charge is 0.348 e. The maximum absolute atomic E-state index is 10.9. The quantitative estimate of drug-likeness (QED) is 0.580. The zero-order valence-corrected chi connectivity index (χ0v) is 8.50. The molecule has 12 heavy (non-hydrogen) atoms. The van der Waals surface area contributed by atoms with Gasteiger partial charge in [0.1, 0.15) is 0 Å². The van der Waals surface area contributed by atoms with Crippen LogP contribution in [0.4, 0.5) is 4.79 Å². The van der Waals surface area contributed by atoms with Crippen LogP contribution in [-0.4, -0.2) is 16.1 Å². The van der Waals surface area contributed by atoms with Crippen molar-refractivity contribution in [3.8, 4) is 0 Å². The molecule has 0 unspecified atom stereocenters. The van der Waals surface area contributed by atoms with Crippen molar-refractivity contribution in [3.63, 3.8) is 0 Å². The van der Waals surface area contributed by atoms with Crippen LogP contribution in [0.3, 0.4) is 0 Å². The number of carbonyl (C=O) groups is 2. The van der Waals surface area contributed by atoms with Gasteiger partial charge in [-0.25, -0.2) is 9.59 Å². The number of primary amides is 1. The van der Waals surface area contributed by atoms with E-state index in [9.17, 15) is 9.59 Å². The Morgan fingerprint density at radius 3 is 2.42 bits per heavy atom. The summed E-state index contributed by atoms with van der Waals surface area (Å²) in [6.45, 7) is 3.73. The van der Waals surface area contributed by atoms with Crippen LogP contribution in [0.2, 0.25) is 0 Å². The van der Waals surface area contributed by atoms with Crippen LogP contribution in [0.25, 0.3) is 0 Å². The minimum atomic E-state index is -0.868. The predicted octanol–water partition coefficient (Wildman–Crippen LogP) is 1.18. The molecule has 0 heterocycles. The third-order valence-electron chi connectivity index (χ3n) is 0.930. The van der Waals surface area contributed by atoms with E-state index < -0.39 is 12.0 Å². The maximum Gasteiger partial charge on any atom is 0.358 e. The van der Waals surface area contributed by atoms with Crippen LogP contribution in [0.15, 0.2) is 0 Å². The van der Waals surface area contributed by atoms with Crippen molar-refractivity contribution in [1.29, 1.82) is 0 Å². The molecule has 0 aliphatic heterocycles. The average molecular weight is 239 g/mol. The fourth-order valence-electron chi connectivity index (χ4n) is 0.505. The number of nitrogens with zero attached hydrogens (tertiary/aromatic N) is 1. The van der Waals surface area contributed by atoms with Gasteiger partial charge in [-0.1, -0.05) is 17.9 Å². The van der Waals surface area contributed by atoms with Gasteiger partial charge < -0.3 is 10.6 Å². The molecule has 0 aliphatic carbocycles. The minimum absolute atomic E-state index is 0.186. The molecular formula is C6H11BrN2O3. The monoisotopic (exact) mass is 238 g/mol. The molecule has 0 atom stereocenters. The van der Waals surface area contributed by atoms with Gasteiger partial charge in [-0.3, -0.25) is 0 Å². The summed E-state index contributed by atoms with van der Waals surface area (Å²) in [6, 6.07) is -0.868. The Kier molecular flexibility index (Phi) is 4.65. The molecule has 0 saturated heterocycles. The van der Waals surface area contributed by atoms with Crippen molar-refractivity contribution >= 4 is 28.1 Å². The molecular weight excluding hydrogens is 228 g/mol. The van der Waals surface area contributed by atoms with E-state index in [0.717, 1.165) is 0 Å². The minimum Gasteiger partial charge on any atom is -0.348 e. The lowest BCUT2D eigenvalue weighted by Gasteiger charge is -2.10. The molecule has 5 nitrogen and oxygen atoms in total. The molecule has 0 spiro atoms. The normalized spacial score (nSPS) is 9.67. The first-order valence-electron chi connectivity index (χ1n) is 3.39. The van der Waals surface area contributed by atoms with E-state index in [4.69, 9.17) is 5.73 Å². The van der Waals surface area contributed by atoms with Crippen molar-refractivity contribution in [3.05, 3.63) is 0 Å². The Labute approximate surface area is 79.1 Å². The number of halogens is 1. The summed E-state index contributed by atoms with van der Waals surface area (Å²) >= 11 is 2.65. The topological polar surface area (TPSA) is 72.6 Å². The first-order valence-corrected chi connectivity index (χ1v) is 4.10. The molecule has 70 valence electrons.